The SMILES string of the molecule is C=C[C@@H](C(=O)NCCCC#Cc1cnc(Nc2cnc(C)c(C)c2)nc1NCCC)N(C)C(=O)OC(C)(C)C. The first-order valence-corrected chi connectivity index (χ1v) is 13.1. The van der Waals surface area contributed by atoms with Crippen molar-refractivity contribution >= 4 is 29.5 Å². The smallest absolute Gasteiger partial charge is 0.410 e. The lowest BCUT2D eigenvalue weighted by Crippen LogP contribution is -2.48. The fourth-order valence-corrected chi connectivity index (χ4v) is 3.29. The minimum atomic E-state index is -0.831. The maximum Gasteiger partial charge on any atom is 0.410 e. The summed E-state index contributed by atoms with van der Waals surface area (Å²) >= 11 is 0. The Morgan fingerprint density at radius 3 is 2.59 bits per heavy atom. The minimum absolute atomic E-state index is 0.326. The van der Waals surface area contributed by atoms with Gasteiger partial charge in [0, 0.05) is 32.3 Å². The first-order chi connectivity index (χ1) is 18.4. The van der Waals surface area contributed by atoms with Crippen LogP contribution in [0.2, 0.25) is 0 Å². The van der Waals surface area contributed by atoms with Gasteiger partial charge < -0.3 is 20.7 Å². The van der Waals surface area contributed by atoms with Crippen molar-refractivity contribution in [3.05, 3.63) is 47.9 Å². The molecule has 0 radical (unpaired) electrons. The fraction of sp³-hybridized carbons (Fsp3) is 0.483. The third-order valence-corrected chi connectivity index (χ3v) is 5.52. The molecule has 0 unspecified atom stereocenters. The summed E-state index contributed by atoms with van der Waals surface area (Å²) in [5, 5.41) is 9.34. The first kappa shape index (κ1) is 31.1. The largest absolute Gasteiger partial charge is 0.444 e. The van der Waals surface area contributed by atoms with Gasteiger partial charge in [-0.15, -0.1) is 6.58 Å². The average Bonchev–Trinajstić information content (AvgIpc) is 2.87. The van der Waals surface area contributed by atoms with Gasteiger partial charge in [-0.1, -0.05) is 24.8 Å². The quantitative estimate of drug-likeness (QED) is 0.215. The number of unbranched alkanes of at least 4 members (excludes halogenated alkanes) is 1. The van der Waals surface area contributed by atoms with Gasteiger partial charge in [-0.25, -0.2) is 9.78 Å². The normalized spacial score (nSPS) is 11.5. The van der Waals surface area contributed by atoms with Crippen LogP contribution in [0.4, 0.5) is 22.2 Å². The highest BCUT2D eigenvalue weighted by atomic mass is 16.6. The zero-order valence-corrected chi connectivity index (χ0v) is 24.1. The van der Waals surface area contributed by atoms with E-state index in [0.29, 0.717) is 36.7 Å². The molecule has 10 heteroatoms. The predicted octanol–water partition coefficient (Wildman–Crippen LogP) is 4.72. The molecule has 2 heterocycles. The fourth-order valence-electron chi connectivity index (χ4n) is 3.29. The minimum Gasteiger partial charge on any atom is -0.444 e. The molecule has 10 nitrogen and oxygen atoms in total. The van der Waals surface area contributed by atoms with Gasteiger partial charge in [-0.3, -0.25) is 14.7 Å². The number of anilines is 3. The van der Waals surface area contributed by atoms with Crippen LogP contribution in [0, 0.1) is 25.7 Å². The van der Waals surface area contributed by atoms with Crippen LogP contribution < -0.4 is 16.0 Å². The lowest BCUT2D eigenvalue weighted by atomic mass is 10.2. The third-order valence-electron chi connectivity index (χ3n) is 5.52. The van der Waals surface area contributed by atoms with E-state index >= 15 is 0 Å². The van der Waals surface area contributed by atoms with E-state index < -0.39 is 17.7 Å². The van der Waals surface area contributed by atoms with Crippen LogP contribution in [0.1, 0.15) is 63.8 Å². The molecule has 2 aromatic rings. The van der Waals surface area contributed by atoms with Gasteiger partial charge in [0.05, 0.1) is 23.6 Å². The number of carbonyl (C=O) groups excluding carboxylic acids is 2. The van der Waals surface area contributed by atoms with Crippen LogP contribution in [0.5, 0.6) is 0 Å². The number of aromatic nitrogens is 3. The van der Waals surface area contributed by atoms with Gasteiger partial charge in [0.15, 0.2) is 0 Å². The maximum atomic E-state index is 12.6. The van der Waals surface area contributed by atoms with E-state index in [4.69, 9.17) is 4.74 Å². The predicted molar refractivity (Wildman–Crippen MR) is 155 cm³/mol. The molecule has 0 aliphatic heterocycles. The number of nitrogens with one attached hydrogen (secondary N) is 3. The standard InChI is InChI=1S/C29H41N7O3/c1-9-15-30-25-22(18-33-27(35-25)34-23-17-20(3)21(4)32-19-23)14-12-11-13-16-31-26(37)24(10-2)36(8)28(38)39-29(5,6)7/h10,17-19,24H,2,9,11,13,15-16H2,1,3-8H3,(H,31,37)(H2,30,33,34,35)/t24-/m0/s1. The molecule has 1 atom stereocenters. The Morgan fingerprint density at radius 1 is 1.21 bits per heavy atom. The van der Waals surface area contributed by atoms with Gasteiger partial charge >= 0.3 is 6.09 Å². The van der Waals surface area contributed by atoms with Gasteiger partial charge in [-0.05, 0) is 59.1 Å². The first-order valence-electron chi connectivity index (χ1n) is 13.1. The molecule has 0 aromatic carbocycles. The van der Waals surface area contributed by atoms with E-state index in [9.17, 15) is 9.59 Å². The summed E-state index contributed by atoms with van der Waals surface area (Å²) in [4.78, 5) is 39.5. The van der Waals surface area contributed by atoms with Crippen LogP contribution in [-0.2, 0) is 9.53 Å². The lowest BCUT2D eigenvalue weighted by molar-refractivity contribution is -0.124. The summed E-state index contributed by atoms with van der Waals surface area (Å²) in [6.07, 6.45) is 6.41. The van der Waals surface area contributed by atoms with Gasteiger partial charge in [0.25, 0.3) is 0 Å². The molecule has 0 aliphatic carbocycles. The van der Waals surface area contributed by atoms with Crippen molar-refractivity contribution in [2.75, 3.05) is 30.8 Å². The van der Waals surface area contributed by atoms with E-state index in [-0.39, 0.29) is 5.91 Å². The highest BCUT2D eigenvalue weighted by Crippen LogP contribution is 2.18. The topological polar surface area (TPSA) is 121 Å². The average molecular weight is 536 g/mol. The molecule has 2 aromatic heterocycles. The molecule has 0 saturated carbocycles. The Labute approximate surface area is 232 Å². The van der Waals surface area contributed by atoms with E-state index in [2.05, 4.69) is 56.2 Å². The summed E-state index contributed by atoms with van der Waals surface area (Å²) in [7, 11) is 1.51. The second-order valence-electron chi connectivity index (χ2n) is 10.1. The summed E-state index contributed by atoms with van der Waals surface area (Å²) < 4.78 is 5.33. The number of pyridine rings is 1. The number of carbonyl (C=O) groups is 2. The van der Waals surface area contributed by atoms with Crippen LogP contribution in [-0.4, -0.2) is 63.6 Å². The zero-order chi connectivity index (χ0) is 29.0. The number of aryl methyl sites for hydroxylation is 2. The number of rotatable bonds is 11. The molecule has 2 rings (SSSR count). The Hall–Kier alpha value is -4.13. The summed E-state index contributed by atoms with van der Waals surface area (Å²) in [6.45, 7) is 16.2. The van der Waals surface area contributed by atoms with E-state index in [1.54, 1.807) is 33.2 Å². The second-order valence-corrected chi connectivity index (χ2v) is 10.1. The molecular weight excluding hydrogens is 494 g/mol. The monoisotopic (exact) mass is 535 g/mol. The molecule has 0 aliphatic rings. The molecule has 2 amide bonds. The van der Waals surface area contributed by atoms with Crippen molar-refractivity contribution < 1.29 is 14.3 Å². The Bertz CT molecular complexity index is 1210. The summed E-state index contributed by atoms with van der Waals surface area (Å²) in [5.41, 5.74) is 2.92. The van der Waals surface area contributed by atoms with Crippen molar-refractivity contribution in [2.24, 2.45) is 0 Å². The van der Waals surface area contributed by atoms with Crippen LogP contribution in [0.3, 0.4) is 0 Å². The lowest BCUT2D eigenvalue weighted by Gasteiger charge is -2.28. The van der Waals surface area contributed by atoms with E-state index in [1.165, 1.54) is 18.0 Å². The summed E-state index contributed by atoms with van der Waals surface area (Å²) in [5.74, 6) is 7.05. The Morgan fingerprint density at radius 2 is 1.95 bits per heavy atom. The molecule has 39 heavy (non-hydrogen) atoms. The number of nitrogens with zero attached hydrogens (tertiary/aromatic N) is 4. The maximum absolute atomic E-state index is 12.6. The number of hydrogen-bond acceptors (Lipinski definition) is 8. The molecular formula is C29H41N7O3. The van der Waals surface area contributed by atoms with E-state index in [1.807, 2.05) is 19.9 Å². The van der Waals surface area contributed by atoms with Crippen LogP contribution in [0.25, 0.3) is 0 Å². The number of likely N-dealkylation sites (N-methyl/N-ethyl adjacent to an activating group) is 1. The molecule has 210 valence electrons. The van der Waals surface area contributed by atoms with E-state index in [0.717, 1.165) is 29.9 Å². The number of hydrogen-bond donors (Lipinski definition) is 3. The van der Waals surface area contributed by atoms with Gasteiger partial charge in [0.2, 0.25) is 11.9 Å². The van der Waals surface area contributed by atoms with Crippen LogP contribution in [0.15, 0.2) is 31.1 Å². The molecule has 3 N–H and O–H groups in total. The molecule has 0 bridgehead atoms. The van der Waals surface area contributed by atoms with Gasteiger partial charge in [-0.2, -0.15) is 4.98 Å². The zero-order valence-electron chi connectivity index (χ0n) is 24.1. The van der Waals surface area contributed by atoms with Crippen molar-refractivity contribution in [1.29, 1.82) is 0 Å². The highest BCUT2D eigenvalue weighted by molar-refractivity contribution is 5.87. The van der Waals surface area contributed by atoms with Gasteiger partial charge in [0.1, 0.15) is 17.5 Å². The summed E-state index contributed by atoms with van der Waals surface area (Å²) in [6, 6.07) is 1.17. The third kappa shape index (κ3) is 10.3. The van der Waals surface area contributed by atoms with Crippen molar-refractivity contribution in [3.63, 3.8) is 0 Å². The number of amides is 2. The molecule has 0 fully saturated rings. The molecule has 0 spiro atoms. The van der Waals surface area contributed by atoms with Crippen LogP contribution >= 0.6 is 0 Å². The van der Waals surface area contributed by atoms with Crippen molar-refractivity contribution in [2.45, 2.75) is 72.4 Å². The Kier molecular flexibility index (Phi) is 11.7. The second kappa shape index (κ2) is 14.7. The van der Waals surface area contributed by atoms with Crippen molar-refractivity contribution in [3.8, 4) is 11.8 Å². The molecule has 0 saturated heterocycles. The Balaban J connectivity index is 1.94. The highest BCUT2D eigenvalue weighted by Gasteiger charge is 2.27. The van der Waals surface area contributed by atoms with Crippen molar-refractivity contribution in [1.82, 2.24) is 25.2 Å². The number of ether oxygens (including phenoxy) is 1.